The van der Waals surface area contributed by atoms with Crippen LogP contribution in [-0.4, -0.2) is 11.0 Å². The first-order valence-electron chi connectivity index (χ1n) is 7.04. The SMILES string of the molecule is CCC1CCCC(C(N)Cc2ccncc2Cl)C1. The minimum atomic E-state index is 0.235. The van der Waals surface area contributed by atoms with E-state index in [1.165, 1.54) is 32.1 Å². The van der Waals surface area contributed by atoms with Gasteiger partial charge in [-0.05, 0) is 42.7 Å². The van der Waals surface area contributed by atoms with Crippen LogP contribution in [0, 0.1) is 11.8 Å². The van der Waals surface area contributed by atoms with Gasteiger partial charge in [0, 0.05) is 18.4 Å². The molecule has 2 N–H and O–H groups in total. The van der Waals surface area contributed by atoms with E-state index >= 15 is 0 Å². The number of pyridine rings is 1. The van der Waals surface area contributed by atoms with Crippen molar-refractivity contribution in [2.75, 3.05) is 0 Å². The Morgan fingerprint density at radius 2 is 2.33 bits per heavy atom. The zero-order valence-corrected chi connectivity index (χ0v) is 11.9. The van der Waals surface area contributed by atoms with E-state index in [1.54, 1.807) is 12.4 Å². The molecule has 1 heterocycles. The summed E-state index contributed by atoms with van der Waals surface area (Å²) in [6, 6.07) is 2.22. The highest BCUT2D eigenvalue weighted by molar-refractivity contribution is 6.31. The van der Waals surface area contributed by atoms with Crippen LogP contribution in [-0.2, 0) is 6.42 Å². The van der Waals surface area contributed by atoms with Gasteiger partial charge in [-0.1, -0.05) is 37.8 Å². The molecule has 0 aromatic carbocycles. The highest BCUT2D eigenvalue weighted by atomic mass is 35.5. The van der Waals surface area contributed by atoms with Crippen LogP contribution < -0.4 is 5.73 Å². The van der Waals surface area contributed by atoms with Crippen LogP contribution in [0.4, 0.5) is 0 Å². The molecule has 1 aromatic heterocycles. The number of hydrogen-bond acceptors (Lipinski definition) is 2. The van der Waals surface area contributed by atoms with Gasteiger partial charge >= 0.3 is 0 Å². The lowest BCUT2D eigenvalue weighted by Gasteiger charge is -2.32. The summed E-state index contributed by atoms with van der Waals surface area (Å²) in [5.74, 6) is 1.54. The normalized spacial score (nSPS) is 25.9. The quantitative estimate of drug-likeness (QED) is 0.900. The van der Waals surface area contributed by atoms with Crippen LogP contribution in [0.25, 0.3) is 0 Å². The van der Waals surface area contributed by atoms with E-state index in [4.69, 9.17) is 17.3 Å². The average molecular weight is 267 g/mol. The van der Waals surface area contributed by atoms with Gasteiger partial charge in [-0.15, -0.1) is 0 Å². The first kappa shape index (κ1) is 13.8. The Morgan fingerprint density at radius 3 is 3.06 bits per heavy atom. The van der Waals surface area contributed by atoms with Crippen LogP contribution in [0.2, 0.25) is 5.02 Å². The maximum Gasteiger partial charge on any atom is 0.0621 e. The number of hydrogen-bond donors (Lipinski definition) is 1. The lowest BCUT2D eigenvalue weighted by molar-refractivity contribution is 0.228. The fourth-order valence-corrected chi connectivity index (χ4v) is 3.28. The third-order valence-electron chi connectivity index (χ3n) is 4.32. The highest BCUT2D eigenvalue weighted by Gasteiger charge is 2.25. The second-order valence-electron chi connectivity index (χ2n) is 5.54. The number of halogens is 1. The van der Waals surface area contributed by atoms with Gasteiger partial charge in [-0.2, -0.15) is 0 Å². The molecule has 1 aliphatic carbocycles. The van der Waals surface area contributed by atoms with Gasteiger partial charge in [0.25, 0.3) is 0 Å². The highest BCUT2D eigenvalue weighted by Crippen LogP contribution is 2.33. The van der Waals surface area contributed by atoms with Gasteiger partial charge in [0.15, 0.2) is 0 Å². The summed E-state index contributed by atoms with van der Waals surface area (Å²) in [7, 11) is 0. The van der Waals surface area contributed by atoms with Gasteiger partial charge in [-0.3, -0.25) is 4.98 Å². The van der Waals surface area contributed by atoms with Crippen molar-refractivity contribution in [1.29, 1.82) is 0 Å². The van der Waals surface area contributed by atoms with E-state index in [9.17, 15) is 0 Å². The number of nitrogens with zero attached hydrogens (tertiary/aromatic N) is 1. The first-order valence-corrected chi connectivity index (χ1v) is 7.42. The van der Waals surface area contributed by atoms with Gasteiger partial charge in [0.2, 0.25) is 0 Å². The molecular formula is C15H23ClN2. The Balaban J connectivity index is 1.95. The van der Waals surface area contributed by atoms with Crippen molar-refractivity contribution in [3.8, 4) is 0 Å². The molecule has 3 atom stereocenters. The number of rotatable bonds is 4. The Labute approximate surface area is 115 Å². The summed E-state index contributed by atoms with van der Waals surface area (Å²) < 4.78 is 0. The molecule has 0 spiro atoms. The molecule has 0 radical (unpaired) electrons. The van der Waals surface area contributed by atoms with Gasteiger partial charge < -0.3 is 5.73 Å². The zero-order chi connectivity index (χ0) is 13.0. The lowest BCUT2D eigenvalue weighted by Crippen LogP contribution is -2.35. The molecule has 1 aliphatic rings. The fourth-order valence-electron chi connectivity index (χ4n) is 3.08. The zero-order valence-electron chi connectivity index (χ0n) is 11.1. The summed E-state index contributed by atoms with van der Waals surface area (Å²) in [5, 5.41) is 0.746. The Morgan fingerprint density at radius 1 is 1.50 bits per heavy atom. The van der Waals surface area contributed by atoms with E-state index in [2.05, 4.69) is 11.9 Å². The molecule has 0 saturated heterocycles. The van der Waals surface area contributed by atoms with Gasteiger partial charge in [0.1, 0.15) is 0 Å². The largest absolute Gasteiger partial charge is 0.327 e. The average Bonchev–Trinajstić information content (AvgIpc) is 2.41. The standard InChI is InChI=1S/C15H23ClN2/c1-2-11-4-3-5-13(8-11)15(17)9-12-6-7-18-10-14(12)16/h6-7,10-11,13,15H,2-5,8-9,17H2,1H3. The van der Waals surface area contributed by atoms with E-state index in [0.717, 1.165) is 22.9 Å². The van der Waals surface area contributed by atoms with Crippen molar-refractivity contribution in [2.45, 2.75) is 51.5 Å². The molecular weight excluding hydrogens is 244 g/mol. The Bertz CT molecular complexity index is 381. The third kappa shape index (κ3) is 3.46. The van der Waals surface area contributed by atoms with Crippen LogP contribution >= 0.6 is 11.6 Å². The summed E-state index contributed by atoms with van der Waals surface area (Å²) in [4.78, 5) is 4.02. The van der Waals surface area contributed by atoms with Gasteiger partial charge in [0.05, 0.1) is 5.02 Å². The maximum atomic E-state index is 6.39. The Kier molecular flexibility index (Phi) is 5.02. The molecule has 1 aromatic rings. The van der Waals surface area contributed by atoms with Crippen molar-refractivity contribution >= 4 is 11.6 Å². The summed E-state index contributed by atoms with van der Waals surface area (Å²) in [5.41, 5.74) is 7.52. The van der Waals surface area contributed by atoms with E-state index in [-0.39, 0.29) is 6.04 Å². The van der Waals surface area contributed by atoms with Crippen LogP contribution in [0.1, 0.15) is 44.6 Å². The second-order valence-corrected chi connectivity index (χ2v) is 5.94. The Hall–Kier alpha value is -0.600. The molecule has 1 fully saturated rings. The van der Waals surface area contributed by atoms with Crippen molar-refractivity contribution in [1.82, 2.24) is 4.98 Å². The molecule has 0 aliphatic heterocycles. The molecule has 2 rings (SSSR count). The van der Waals surface area contributed by atoms with Crippen LogP contribution in [0.15, 0.2) is 18.5 Å². The monoisotopic (exact) mass is 266 g/mol. The molecule has 0 bridgehead atoms. The molecule has 3 heteroatoms. The number of nitrogens with two attached hydrogens (primary N) is 1. The third-order valence-corrected chi connectivity index (χ3v) is 4.66. The molecule has 3 unspecified atom stereocenters. The van der Waals surface area contributed by atoms with E-state index in [0.29, 0.717) is 5.92 Å². The van der Waals surface area contributed by atoms with Crippen molar-refractivity contribution in [3.63, 3.8) is 0 Å². The molecule has 18 heavy (non-hydrogen) atoms. The first-order chi connectivity index (χ1) is 8.70. The maximum absolute atomic E-state index is 6.39. The minimum Gasteiger partial charge on any atom is -0.327 e. The number of aromatic nitrogens is 1. The minimum absolute atomic E-state index is 0.235. The lowest BCUT2D eigenvalue weighted by atomic mass is 9.76. The summed E-state index contributed by atoms with van der Waals surface area (Å²) in [6.07, 6.45) is 11.0. The smallest absolute Gasteiger partial charge is 0.0621 e. The molecule has 100 valence electrons. The topological polar surface area (TPSA) is 38.9 Å². The predicted octanol–water partition coefficient (Wildman–Crippen LogP) is 3.82. The molecule has 2 nitrogen and oxygen atoms in total. The summed E-state index contributed by atoms with van der Waals surface area (Å²) >= 11 is 6.15. The van der Waals surface area contributed by atoms with E-state index < -0.39 is 0 Å². The van der Waals surface area contributed by atoms with Crippen molar-refractivity contribution < 1.29 is 0 Å². The second kappa shape index (κ2) is 6.53. The van der Waals surface area contributed by atoms with Crippen molar-refractivity contribution in [3.05, 3.63) is 29.0 Å². The van der Waals surface area contributed by atoms with Crippen molar-refractivity contribution in [2.24, 2.45) is 17.6 Å². The summed E-state index contributed by atoms with van der Waals surface area (Å²) in [6.45, 7) is 2.29. The fraction of sp³-hybridized carbons (Fsp3) is 0.667. The van der Waals surface area contributed by atoms with E-state index in [1.807, 2.05) is 6.07 Å². The van der Waals surface area contributed by atoms with Crippen LogP contribution in [0.3, 0.4) is 0 Å². The van der Waals surface area contributed by atoms with Crippen LogP contribution in [0.5, 0.6) is 0 Å². The molecule has 1 saturated carbocycles. The van der Waals surface area contributed by atoms with Gasteiger partial charge in [-0.25, -0.2) is 0 Å². The molecule has 0 amide bonds. The predicted molar refractivity (Wildman–Crippen MR) is 76.7 cm³/mol.